The Morgan fingerprint density at radius 3 is 2.70 bits per heavy atom. The summed E-state index contributed by atoms with van der Waals surface area (Å²) in [5.74, 6) is 4.29. The molecule has 0 saturated carbocycles. The van der Waals surface area contributed by atoms with Gasteiger partial charge in [0.05, 0.1) is 16.8 Å². The molecule has 0 atom stereocenters. The minimum Gasteiger partial charge on any atom is -0.323 e. The van der Waals surface area contributed by atoms with Crippen molar-refractivity contribution in [1.82, 2.24) is 0 Å². The minimum atomic E-state index is -0.630. The van der Waals surface area contributed by atoms with Crippen molar-refractivity contribution in [3.63, 3.8) is 0 Å². The molecule has 0 fully saturated rings. The number of para-hydroxylation sites is 1. The monoisotopic (exact) mass is 270 g/mol. The molecule has 0 aliphatic heterocycles. The van der Waals surface area contributed by atoms with Gasteiger partial charge in [-0.15, -0.1) is 0 Å². The van der Waals surface area contributed by atoms with Crippen LogP contribution in [0.15, 0.2) is 42.5 Å². The second kappa shape index (κ2) is 5.82. The van der Waals surface area contributed by atoms with Crippen LogP contribution >= 0.6 is 0 Å². The Morgan fingerprint density at radius 1 is 1.25 bits per heavy atom. The van der Waals surface area contributed by atoms with Gasteiger partial charge in [0, 0.05) is 5.69 Å². The molecule has 20 heavy (non-hydrogen) atoms. The first-order valence-corrected chi connectivity index (χ1v) is 5.72. The molecule has 2 aromatic carbocycles. The summed E-state index contributed by atoms with van der Waals surface area (Å²) < 4.78 is 13.2. The standard InChI is InChI=1S/C14H11FN4O/c15-12-6-5-10(7-9(12)8-16)18-14(20)11-3-1-2-4-13(11)19-17/h1-7,19H,17H2,(H,18,20). The third-order valence-electron chi connectivity index (χ3n) is 2.67. The number of nitrogens with one attached hydrogen (secondary N) is 2. The fraction of sp³-hybridized carbons (Fsp3) is 0. The lowest BCUT2D eigenvalue weighted by Gasteiger charge is -2.09. The van der Waals surface area contributed by atoms with E-state index < -0.39 is 11.7 Å². The maximum Gasteiger partial charge on any atom is 0.257 e. The van der Waals surface area contributed by atoms with Crippen LogP contribution in [0.5, 0.6) is 0 Å². The molecule has 0 spiro atoms. The van der Waals surface area contributed by atoms with Crippen molar-refractivity contribution < 1.29 is 9.18 Å². The molecule has 0 unspecified atom stereocenters. The molecule has 6 heteroatoms. The number of nitriles is 1. The zero-order valence-electron chi connectivity index (χ0n) is 10.4. The van der Waals surface area contributed by atoms with Crippen LogP contribution in [0.4, 0.5) is 15.8 Å². The number of hydrazine groups is 1. The Bertz CT molecular complexity index is 694. The number of anilines is 2. The SMILES string of the molecule is N#Cc1cc(NC(=O)c2ccccc2NN)ccc1F. The second-order valence-electron chi connectivity index (χ2n) is 3.95. The quantitative estimate of drug-likeness (QED) is 0.589. The average Bonchev–Trinajstić information content (AvgIpc) is 2.49. The minimum absolute atomic E-state index is 0.131. The fourth-order valence-corrected chi connectivity index (χ4v) is 1.69. The van der Waals surface area contributed by atoms with E-state index in [1.807, 2.05) is 0 Å². The van der Waals surface area contributed by atoms with Crippen LogP contribution in [-0.4, -0.2) is 5.91 Å². The lowest BCUT2D eigenvalue weighted by molar-refractivity contribution is 0.102. The normalized spacial score (nSPS) is 9.65. The zero-order chi connectivity index (χ0) is 14.5. The Morgan fingerprint density at radius 2 is 2.00 bits per heavy atom. The summed E-state index contributed by atoms with van der Waals surface area (Å²) in [6, 6.07) is 12.2. The van der Waals surface area contributed by atoms with E-state index in [-0.39, 0.29) is 5.56 Å². The Hall–Kier alpha value is -2.91. The average molecular weight is 270 g/mol. The first-order chi connectivity index (χ1) is 9.65. The molecule has 0 radical (unpaired) electrons. The van der Waals surface area contributed by atoms with Crippen LogP contribution in [-0.2, 0) is 0 Å². The summed E-state index contributed by atoms with van der Waals surface area (Å²) >= 11 is 0. The summed E-state index contributed by atoms with van der Waals surface area (Å²) in [5.41, 5.74) is 3.43. The third kappa shape index (κ3) is 2.74. The Balaban J connectivity index is 2.26. The molecular formula is C14H11FN4O. The molecule has 100 valence electrons. The number of rotatable bonds is 3. The number of halogens is 1. The van der Waals surface area contributed by atoms with E-state index in [0.717, 1.165) is 6.07 Å². The highest BCUT2D eigenvalue weighted by molar-refractivity contribution is 6.08. The molecule has 5 nitrogen and oxygen atoms in total. The number of carbonyl (C=O) groups is 1. The van der Waals surface area contributed by atoms with Gasteiger partial charge in [-0.25, -0.2) is 4.39 Å². The molecule has 0 bridgehead atoms. The van der Waals surface area contributed by atoms with Gasteiger partial charge in [0.25, 0.3) is 5.91 Å². The molecule has 0 aliphatic rings. The highest BCUT2D eigenvalue weighted by Gasteiger charge is 2.11. The number of benzene rings is 2. The molecular weight excluding hydrogens is 259 g/mol. The van der Waals surface area contributed by atoms with Gasteiger partial charge in [-0.05, 0) is 30.3 Å². The first kappa shape index (κ1) is 13.5. The number of amides is 1. The second-order valence-corrected chi connectivity index (χ2v) is 3.95. The Labute approximate surface area is 114 Å². The van der Waals surface area contributed by atoms with E-state index >= 15 is 0 Å². The summed E-state index contributed by atoms with van der Waals surface area (Å²) in [6.07, 6.45) is 0. The van der Waals surface area contributed by atoms with Crippen LogP contribution in [0, 0.1) is 17.1 Å². The van der Waals surface area contributed by atoms with Crippen molar-refractivity contribution in [2.45, 2.75) is 0 Å². The maximum atomic E-state index is 13.2. The van der Waals surface area contributed by atoms with E-state index in [4.69, 9.17) is 11.1 Å². The maximum absolute atomic E-state index is 13.2. The molecule has 1 amide bonds. The number of hydrogen-bond acceptors (Lipinski definition) is 4. The number of hydrogen-bond donors (Lipinski definition) is 3. The van der Waals surface area contributed by atoms with Gasteiger partial charge < -0.3 is 10.7 Å². The highest BCUT2D eigenvalue weighted by Crippen LogP contribution is 2.18. The van der Waals surface area contributed by atoms with E-state index in [0.29, 0.717) is 16.9 Å². The van der Waals surface area contributed by atoms with E-state index in [1.165, 1.54) is 12.1 Å². The largest absolute Gasteiger partial charge is 0.323 e. The van der Waals surface area contributed by atoms with Crippen LogP contribution < -0.4 is 16.6 Å². The number of nitrogen functional groups attached to an aromatic ring is 1. The van der Waals surface area contributed by atoms with Gasteiger partial charge in [-0.3, -0.25) is 10.6 Å². The lowest BCUT2D eigenvalue weighted by atomic mass is 10.1. The zero-order valence-corrected chi connectivity index (χ0v) is 10.4. The third-order valence-corrected chi connectivity index (χ3v) is 2.67. The van der Waals surface area contributed by atoms with Gasteiger partial charge >= 0.3 is 0 Å². The summed E-state index contributed by atoms with van der Waals surface area (Å²) in [4.78, 5) is 12.1. The topological polar surface area (TPSA) is 90.9 Å². The molecule has 2 rings (SSSR count). The smallest absolute Gasteiger partial charge is 0.257 e. The van der Waals surface area contributed by atoms with Crippen molar-refractivity contribution in [3.05, 3.63) is 59.4 Å². The van der Waals surface area contributed by atoms with Gasteiger partial charge in [0.1, 0.15) is 11.9 Å². The summed E-state index contributed by atoms with van der Waals surface area (Å²) in [5, 5.41) is 11.3. The van der Waals surface area contributed by atoms with Crippen LogP contribution in [0.2, 0.25) is 0 Å². The van der Waals surface area contributed by atoms with Gasteiger partial charge in [-0.2, -0.15) is 5.26 Å². The molecule has 0 aromatic heterocycles. The Kier molecular flexibility index (Phi) is 3.93. The van der Waals surface area contributed by atoms with Crippen molar-refractivity contribution in [3.8, 4) is 6.07 Å². The highest BCUT2D eigenvalue weighted by atomic mass is 19.1. The number of nitrogens with zero attached hydrogens (tertiary/aromatic N) is 1. The van der Waals surface area contributed by atoms with E-state index in [2.05, 4.69) is 10.7 Å². The predicted molar refractivity (Wildman–Crippen MR) is 73.3 cm³/mol. The van der Waals surface area contributed by atoms with Crippen molar-refractivity contribution in [1.29, 1.82) is 5.26 Å². The van der Waals surface area contributed by atoms with Gasteiger partial charge in [-0.1, -0.05) is 12.1 Å². The van der Waals surface area contributed by atoms with Crippen LogP contribution in [0.25, 0.3) is 0 Å². The lowest BCUT2D eigenvalue weighted by Crippen LogP contribution is -2.17. The van der Waals surface area contributed by atoms with Gasteiger partial charge in [0.2, 0.25) is 0 Å². The summed E-state index contributed by atoms with van der Waals surface area (Å²) in [6.45, 7) is 0. The van der Waals surface area contributed by atoms with E-state index in [9.17, 15) is 9.18 Å². The van der Waals surface area contributed by atoms with E-state index in [1.54, 1.807) is 30.3 Å². The van der Waals surface area contributed by atoms with Crippen LogP contribution in [0.3, 0.4) is 0 Å². The van der Waals surface area contributed by atoms with Crippen molar-refractivity contribution >= 4 is 17.3 Å². The van der Waals surface area contributed by atoms with Gasteiger partial charge in [0.15, 0.2) is 0 Å². The van der Waals surface area contributed by atoms with Crippen molar-refractivity contribution in [2.75, 3.05) is 10.7 Å². The predicted octanol–water partition coefficient (Wildman–Crippen LogP) is 2.24. The number of nitrogens with two attached hydrogens (primary N) is 1. The first-order valence-electron chi connectivity index (χ1n) is 5.72. The molecule has 2 aromatic rings. The summed E-state index contributed by atoms with van der Waals surface area (Å²) in [7, 11) is 0. The molecule has 0 aliphatic carbocycles. The van der Waals surface area contributed by atoms with Crippen LogP contribution in [0.1, 0.15) is 15.9 Å². The molecule has 0 heterocycles. The molecule has 4 N–H and O–H groups in total. The van der Waals surface area contributed by atoms with Crippen molar-refractivity contribution in [2.24, 2.45) is 5.84 Å². The fourth-order valence-electron chi connectivity index (χ4n) is 1.69. The molecule has 0 saturated heterocycles. The number of carbonyl (C=O) groups excluding carboxylic acids is 1.